The van der Waals surface area contributed by atoms with E-state index in [0.717, 1.165) is 16.5 Å². The van der Waals surface area contributed by atoms with Gasteiger partial charge in [-0.1, -0.05) is 46.6 Å². The molecular weight excluding hydrogens is 504 g/mol. The lowest BCUT2D eigenvalue weighted by Crippen LogP contribution is -2.13. The van der Waals surface area contributed by atoms with E-state index in [1.807, 2.05) is 49.4 Å². The highest BCUT2D eigenvalue weighted by Gasteiger charge is 2.12. The molecule has 3 aromatic carbocycles. The van der Waals surface area contributed by atoms with E-state index in [-0.39, 0.29) is 5.57 Å². The Hall–Kier alpha value is -3.27. The number of nitrogens with zero attached hydrogens (tertiary/aromatic N) is 1. The third-order valence-electron chi connectivity index (χ3n) is 4.53. The van der Waals surface area contributed by atoms with Gasteiger partial charge in [0.05, 0.1) is 6.61 Å². The molecule has 0 aliphatic carbocycles. The highest BCUT2D eigenvalue weighted by atomic mass is 79.9. The van der Waals surface area contributed by atoms with Crippen LogP contribution in [0, 0.1) is 11.3 Å². The predicted molar refractivity (Wildman–Crippen MR) is 134 cm³/mol. The smallest absolute Gasteiger partial charge is 0.266 e. The van der Waals surface area contributed by atoms with Gasteiger partial charge in [0.25, 0.3) is 5.91 Å². The molecule has 0 aliphatic rings. The fraction of sp³-hybridized carbons (Fsp3) is 0.154. The number of carbonyl (C=O) groups is 1. The zero-order chi connectivity index (χ0) is 23.6. The number of amides is 1. The van der Waals surface area contributed by atoms with Crippen molar-refractivity contribution >= 4 is 45.2 Å². The topological polar surface area (TPSA) is 71.3 Å². The van der Waals surface area contributed by atoms with Crippen molar-refractivity contribution in [2.45, 2.75) is 20.0 Å². The van der Waals surface area contributed by atoms with E-state index in [1.165, 1.54) is 6.08 Å². The Balaban J connectivity index is 1.66. The molecule has 3 rings (SSSR count). The first-order valence-corrected chi connectivity index (χ1v) is 11.5. The second-order valence-electron chi connectivity index (χ2n) is 7.09. The summed E-state index contributed by atoms with van der Waals surface area (Å²) < 4.78 is 12.3. The van der Waals surface area contributed by atoms with E-state index in [9.17, 15) is 10.1 Å². The summed E-state index contributed by atoms with van der Waals surface area (Å²) in [6, 6.07) is 21.8. The Morgan fingerprint density at radius 1 is 1.09 bits per heavy atom. The molecule has 168 valence electrons. The number of anilines is 1. The number of rotatable bonds is 9. The summed E-state index contributed by atoms with van der Waals surface area (Å²) in [5, 5.41) is 13.0. The van der Waals surface area contributed by atoms with E-state index in [2.05, 4.69) is 21.2 Å². The summed E-state index contributed by atoms with van der Waals surface area (Å²) >= 11 is 9.31. The SMILES string of the molecule is CCCOc1ccc(Br)cc1/C=C(\C#N)C(=O)Nc1ccc(OCc2ccc(Cl)cc2)cc1. The van der Waals surface area contributed by atoms with Crippen molar-refractivity contribution in [2.24, 2.45) is 0 Å². The first-order chi connectivity index (χ1) is 16.0. The molecule has 0 saturated carbocycles. The van der Waals surface area contributed by atoms with Gasteiger partial charge in [-0.3, -0.25) is 4.79 Å². The number of hydrogen-bond donors (Lipinski definition) is 1. The number of halogens is 2. The largest absolute Gasteiger partial charge is 0.493 e. The van der Waals surface area contributed by atoms with Gasteiger partial charge in [-0.2, -0.15) is 5.26 Å². The Kier molecular flexibility index (Phi) is 8.94. The van der Waals surface area contributed by atoms with Crippen molar-refractivity contribution in [1.29, 1.82) is 5.26 Å². The van der Waals surface area contributed by atoms with Gasteiger partial charge in [0.1, 0.15) is 29.7 Å². The number of nitriles is 1. The van der Waals surface area contributed by atoms with E-state index >= 15 is 0 Å². The summed E-state index contributed by atoms with van der Waals surface area (Å²) in [6.07, 6.45) is 2.37. The maximum Gasteiger partial charge on any atom is 0.266 e. The molecule has 7 heteroatoms. The van der Waals surface area contributed by atoms with Crippen molar-refractivity contribution in [3.05, 3.63) is 92.9 Å². The highest BCUT2D eigenvalue weighted by molar-refractivity contribution is 9.10. The van der Waals surface area contributed by atoms with Crippen LogP contribution in [-0.4, -0.2) is 12.5 Å². The van der Waals surface area contributed by atoms with Crippen molar-refractivity contribution in [3.8, 4) is 17.6 Å². The zero-order valence-corrected chi connectivity index (χ0v) is 20.3. The Morgan fingerprint density at radius 2 is 1.82 bits per heavy atom. The molecule has 0 unspecified atom stereocenters. The average molecular weight is 526 g/mol. The van der Waals surface area contributed by atoms with Crippen LogP contribution in [0.2, 0.25) is 5.02 Å². The number of hydrogen-bond acceptors (Lipinski definition) is 4. The van der Waals surface area contributed by atoms with E-state index in [4.69, 9.17) is 21.1 Å². The van der Waals surface area contributed by atoms with Crippen molar-refractivity contribution in [3.63, 3.8) is 0 Å². The molecule has 1 amide bonds. The van der Waals surface area contributed by atoms with Crippen LogP contribution in [-0.2, 0) is 11.4 Å². The maximum absolute atomic E-state index is 12.7. The molecule has 0 spiro atoms. The minimum absolute atomic E-state index is 0.0301. The van der Waals surface area contributed by atoms with Gasteiger partial charge in [-0.05, 0) is 72.7 Å². The van der Waals surface area contributed by atoms with E-state index in [0.29, 0.717) is 41.0 Å². The molecule has 0 heterocycles. The van der Waals surface area contributed by atoms with Crippen LogP contribution in [0.1, 0.15) is 24.5 Å². The van der Waals surface area contributed by atoms with E-state index < -0.39 is 5.91 Å². The fourth-order valence-corrected chi connectivity index (χ4v) is 3.36. The summed E-state index contributed by atoms with van der Waals surface area (Å²) in [5.41, 5.74) is 2.17. The van der Waals surface area contributed by atoms with Crippen LogP contribution < -0.4 is 14.8 Å². The van der Waals surface area contributed by atoms with Gasteiger partial charge in [-0.15, -0.1) is 0 Å². The highest BCUT2D eigenvalue weighted by Crippen LogP contribution is 2.26. The van der Waals surface area contributed by atoms with Crippen molar-refractivity contribution in [1.82, 2.24) is 0 Å². The first kappa shape index (κ1) is 24.4. The second-order valence-corrected chi connectivity index (χ2v) is 8.45. The van der Waals surface area contributed by atoms with Gasteiger partial charge < -0.3 is 14.8 Å². The zero-order valence-electron chi connectivity index (χ0n) is 18.0. The van der Waals surface area contributed by atoms with Crippen molar-refractivity contribution < 1.29 is 14.3 Å². The molecular formula is C26H22BrClN2O3. The van der Waals surface area contributed by atoms with Crippen LogP contribution in [0.5, 0.6) is 11.5 Å². The summed E-state index contributed by atoms with van der Waals surface area (Å²) in [4.78, 5) is 12.7. The molecule has 0 fully saturated rings. The van der Waals surface area contributed by atoms with Crippen LogP contribution in [0.3, 0.4) is 0 Å². The number of ether oxygens (including phenoxy) is 2. The van der Waals surface area contributed by atoms with Crippen molar-refractivity contribution in [2.75, 3.05) is 11.9 Å². The Labute approximate surface area is 206 Å². The second kappa shape index (κ2) is 12.1. The van der Waals surface area contributed by atoms with Crippen LogP contribution in [0.15, 0.2) is 76.8 Å². The minimum atomic E-state index is -0.506. The molecule has 0 saturated heterocycles. The van der Waals surface area contributed by atoms with Gasteiger partial charge in [-0.25, -0.2) is 0 Å². The lowest BCUT2D eigenvalue weighted by Gasteiger charge is -2.10. The normalized spacial score (nSPS) is 10.9. The summed E-state index contributed by atoms with van der Waals surface area (Å²) in [5.74, 6) is 0.766. The fourth-order valence-electron chi connectivity index (χ4n) is 2.86. The Morgan fingerprint density at radius 3 is 2.48 bits per heavy atom. The molecule has 0 aromatic heterocycles. The molecule has 0 atom stereocenters. The molecule has 3 aromatic rings. The van der Waals surface area contributed by atoms with E-state index in [1.54, 1.807) is 30.3 Å². The van der Waals surface area contributed by atoms with Crippen LogP contribution >= 0.6 is 27.5 Å². The monoisotopic (exact) mass is 524 g/mol. The van der Waals surface area contributed by atoms with Gasteiger partial charge in [0.15, 0.2) is 0 Å². The first-order valence-electron chi connectivity index (χ1n) is 10.3. The number of carbonyl (C=O) groups excluding carboxylic acids is 1. The van der Waals surface area contributed by atoms with Gasteiger partial charge in [0, 0.05) is 20.7 Å². The molecule has 33 heavy (non-hydrogen) atoms. The number of nitrogens with one attached hydrogen (secondary N) is 1. The standard InChI is InChI=1S/C26H22BrClN2O3/c1-2-13-32-25-12-5-21(27)15-19(25)14-20(16-29)26(31)30-23-8-10-24(11-9-23)33-17-18-3-6-22(28)7-4-18/h3-12,14-15H,2,13,17H2,1H3,(H,30,31)/b20-14+. The lowest BCUT2D eigenvalue weighted by molar-refractivity contribution is -0.112. The molecule has 0 bridgehead atoms. The van der Waals surface area contributed by atoms with Crippen LogP contribution in [0.4, 0.5) is 5.69 Å². The molecule has 5 nitrogen and oxygen atoms in total. The summed E-state index contributed by atoms with van der Waals surface area (Å²) in [6.45, 7) is 2.96. The molecule has 1 N–H and O–H groups in total. The quantitative estimate of drug-likeness (QED) is 0.241. The molecule has 0 radical (unpaired) electrons. The van der Waals surface area contributed by atoms with Gasteiger partial charge >= 0.3 is 0 Å². The number of benzene rings is 3. The average Bonchev–Trinajstić information content (AvgIpc) is 2.82. The van der Waals surface area contributed by atoms with Gasteiger partial charge in [0.2, 0.25) is 0 Å². The Bertz CT molecular complexity index is 1170. The third kappa shape index (κ3) is 7.38. The predicted octanol–water partition coefficient (Wildman–Crippen LogP) is 7.02. The van der Waals surface area contributed by atoms with Crippen LogP contribution in [0.25, 0.3) is 6.08 Å². The maximum atomic E-state index is 12.7. The lowest BCUT2D eigenvalue weighted by atomic mass is 10.1. The minimum Gasteiger partial charge on any atom is -0.493 e. The molecule has 0 aliphatic heterocycles. The summed E-state index contributed by atoms with van der Waals surface area (Å²) in [7, 11) is 0. The third-order valence-corrected chi connectivity index (χ3v) is 5.27.